The van der Waals surface area contributed by atoms with Crippen molar-refractivity contribution in [3.63, 3.8) is 0 Å². The zero-order valence-electron chi connectivity index (χ0n) is 14.7. The summed E-state index contributed by atoms with van der Waals surface area (Å²) in [5.41, 5.74) is 2.99. The summed E-state index contributed by atoms with van der Waals surface area (Å²) in [6, 6.07) is 7.50. The molecule has 6 nitrogen and oxygen atoms in total. The topological polar surface area (TPSA) is 73.0 Å². The number of nitrogens with zero attached hydrogens (tertiary/aromatic N) is 3. The molecule has 0 saturated heterocycles. The minimum absolute atomic E-state index is 0.0787. The summed E-state index contributed by atoms with van der Waals surface area (Å²) < 4.78 is 8.37. The van der Waals surface area contributed by atoms with Gasteiger partial charge in [0.05, 0.1) is 12.0 Å². The molecule has 1 N–H and O–H groups in total. The van der Waals surface area contributed by atoms with Crippen LogP contribution in [0.5, 0.6) is 0 Å². The Balaban J connectivity index is 1.68. The second kappa shape index (κ2) is 8.09. The van der Waals surface area contributed by atoms with Crippen LogP contribution in [0, 0.1) is 13.8 Å². The summed E-state index contributed by atoms with van der Waals surface area (Å²) in [6.45, 7) is 6.71. The van der Waals surface area contributed by atoms with Crippen LogP contribution in [-0.2, 0) is 11.3 Å². The third-order valence-corrected chi connectivity index (χ3v) is 5.93. The molecule has 3 rings (SSSR count). The highest BCUT2D eigenvalue weighted by molar-refractivity contribution is 9.10. The summed E-state index contributed by atoms with van der Waals surface area (Å²) in [6.07, 6.45) is 1.60. The first-order valence-electron chi connectivity index (χ1n) is 8.16. The van der Waals surface area contributed by atoms with E-state index in [0.29, 0.717) is 23.3 Å². The van der Waals surface area contributed by atoms with Crippen LogP contribution >= 0.6 is 27.7 Å². The number of carbonyl (C=O) groups is 1. The van der Waals surface area contributed by atoms with E-state index in [4.69, 9.17) is 4.42 Å². The fraction of sp³-hybridized carbons (Fsp3) is 0.278. The fourth-order valence-corrected chi connectivity index (χ4v) is 3.74. The number of nitrogens with one attached hydrogen (secondary N) is 1. The molecule has 0 unspecified atom stereocenters. The first kappa shape index (κ1) is 18.7. The van der Waals surface area contributed by atoms with Crippen molar-refractivity contribution in [2.45, 2.75) is 32.5 Å². The lowest BCUT2D eigenvalue weighted by atomic mass is 10.1. The van der Waals surface area contributed by atoms with Crippen molar-refractivity contribution in [2.75, 3.05) is 11.1 Å². The Morgan fingerprint density at radius 3 is 2.77 bits per heavy atom. The number of benzene rings is 1. The van der Waals surface area contributed by atoms with Gasteiger partial charge in [-0.3, -0.25) is 9.36 Å². The van der Waals surface area contributed by atoms with Crippen LogP contribution in [-0.4, -0.2) is 26.4 Å². The van der Waals surface area contributed by atoms with Gasteiger partial charge in [-0.15, -0.1) is 10.2 Å². The standard InChI is InChI=1S/C18H19BrN4O2S/c1-4-23-17(15-6-5-9-25-15)21-22-18(23)26-10-16(24)20-14-8-7-13(19)11(2)12(14)3/h5-9H,4,10H2,1-3H3,(H,20,24). The minimum atomic E-state index is -0.0787. The molecular formula is C18H19BrN4O2S. The molecular weight excluding hydrogens is 416 g/mol. The third-order valence-electron chi connectivity index (χ3n) is 4.10. The summed E-state index contributed by atoms with van der Waals surface area (Å²) in [5, 5.41) is 12.0. The maximum atomic E-state index is 12.3. The molecule has 136 valence electrons. The van der Waals surface area contributed by atoms with E-state index in [1.54, 1.807) is 6.26 Å². The van der Waals surface area contributed by atoms with Crippen LogP contribution in [0.1, 0.15) is 18.1 Å². The number of hydrogen-bond donors (Lipinski definition) is 1. The van der Waals surface area contributed by atoms with Gasteiger partial charge < -0.3 is 9.73 Å². The SMILES string of the molecule is CCn1c(SCC(=O)Nc2ccc(Br)c(C)c2C)nnc1-c1ccco1. The van der Waals surface area contributed by atoms with Crippen molar-refractivity contribution in [1.29, 1.82) is 0 Å². The Morgan fingerprint density at radius 2 is 2.08 bits per heavy atom. The van der Waals surface area contributed by atoms with Gasteiger partial charge in [-0.05, 0) is 56.2 Å². The Kier molecular flexibility index (Phi) is 5.83. The van der Waals surface area contributed by atoms with Gasteiger partial charge in [-0.1, -0.05) is 27.7 Å². The number of rotatable bonds is 6. The van der Waals surface area contributed by atoms with Gasteiger partial charge in [0, 0.05) is 16.7 Å². The van der Waals surface area contributed by atoms with E-state index in [-0.39, 0.29) is 11.7 Å². The van der Waals surface area contributed by atoms with Crippen molar-refractivity contribution in [3.05, 3.63) is 46.1 Å². The second-order valence-corrected chi connectivity index (χ2v) is 7.51. The van der Waals surface area contributed by atoms with Gasteiger partial charge in [-0.2, -0.15) is 0 Å². The molecule has 0 aliphatic carbocycles. The summed E-state index contributed by atoms with van der Waals surface area (Å²) in [7, 11) is 0. The van der Waals surface area contributed by atoms with Crippen LogP contribution < -0.4 is 5.32 Å². The summed E-state index contributed by atoms with van der Waals surface area (Å²) >= 11 is 4.86. The Morgan fingerprint density at radius 1 is 1.27 bits per heavy atom. The zero-order chi connectivity index (χ0) is 18.7. The first-order chi connectivity index (χ1) is 12.5. The van der Waals surface area contributed by atoms with E-state index in [0.717, 1.165) is 21.3 Å². The van der Waals surface area contributed by atoms with E-state index >= 15 is 0 Å². The fourth-order valence-electron chi connectivity index (χ4n) is 2.51. The van der Waals surface area contributed by atoms with Gasteiger partial charge in [0.2, 0.25) is 5.91 Å². The highest BCUT2D eigenvalue weighted by atomic mass is 79.9. The molecule has 0 fully saturated rings. The van der Waals surface area contributed by atoms with Gasteiger partial charge >= 0.3 is 0 Å². The number of carbonyl (C=O) groups excluding carboxylic acids is 1. The molecule has 0 bridgehead atoms. The predicted octanol–water partition coefficient (Wildman–Crippen LogP) is 4.67. The second-order valence-electron chi connectivity index (χ2n) is 5.71. The maximum Gasteiger partial charge on any atom is 0.234 e. The number of furan rings is 1. The normalized spacial score (nSPS) is 10.9. The van der Waals surface area contributed by atoms with E-state index in [9.17, 15) is 4.79 Å². The lowest BCUT2D eigenvalue weighted by molar-refractivity contribution is -0.113. The molecule has 0 saturated carbocycles. The van der Waals surface area contributed by atoms with E-state index in [1.807, 2.05) is 49.6 Å². The highest BCUT2D eigenvalue weighted by Gasteiger charge is 2.16. The van der Waals surface area contributed by atoms with Crippen LogP contribution in [0.4, 0.5) is 5.69 Å². The zero-order valence-corrected chi connectivity index (χ0v) is 17.1. The monoisotopic (exact) mass is 434 g/mol. The minimum Gasteiger partial charge on any atom is -0.461 e. The van der Waals surface area contributed by atoms with Crippen LogP contribution in [0.15, 0.2) is 44.6 Å². The molecule has 0 atom stereocenters. The molecule has 1 amide bonds. The largest absolute Gasteiger partial charge is 0.461 e. The van der Waals surface area contributed by atoms with Gasteiger partial charge in [0.1, 0.15) is 0 Å². The van der Waals surface area contributed by atoms with E-state index < -0.39 is 0 Å². The predicted molar refractivity (Wildman–Crippen MR) is 106 cm³/mol. The van der Waals surface area contributed by atoms with Crippen LogP contribution in [0.25, 0.3) is 11.6 Å². The molecule has 0 aliphatic heterocycles. The number of halogens is 1. The van der Waals surface area contributed by atoms with Gasteiger partial charge in [-0.25, -0.2) is 0 Å². The van der Waals surface area contributed by atoms with Crippen molar-refractivity contribution >= 4 is 39.3 Å². The van der Waals surface area contributed by atoms with Gasteiger partial charge in [0.25, 0.3) is 0 Å². The molecule has 1 aromatic carbocycles. The summed E-state index contributed by atoms with van der Waals surface area (Å²) in [5.74, 6) is 1.51. The molecule has 2 aromatic heterocycles. The van der Waals surface area contributed by atoms with Crippen LogP contribution in [0.3, 0.4) is 0 Å². The smallest absolute Gasteiger partial charge is 0.234 e. The number of thioether (sulfide) groups is 1. The van der Waals surface area contributed by atoms with E-state index in [1.165, 1.54) is 11.8 Å². The third kappa shape index (κ3) is 3.86. The molecule has 26 heavy (non-hydrogen) atoms. The Bertz CT molecular complexity index is 922. The Hall–Kier alpha value is -2.06. The maximum absolute atomic E-state index is 12.3. The molecule has 0 radical (unpaired) electrons. The molecule has 2 heterocycles. The van der Waals surface area contributed by atoms with Crippen molar-refractivity contribution in [2.24, 2.45) is 0 Å². The highest BCUT2D eigenvalue weighted by Crippen LogP contribution is 2.27. The quantitative estimate of drug-likeness (QED) is 0.570. The molecule has 0 aliphatic rings. The number of aromatic nitrogens is 3. The lowest BCUT2D eigenvalue weighted by Gasteiger charge is -2.12. The molecule has 3 aromatic rings. The first-order valence-corrected chi connectivity index (χ1v) is 9.94. The average molecular weight is 435 g/mol. The molecule has 8 heteroatoms. The number of hydrogen-bond acceptors (Lipinski definition) is 5. The number of amides is 1. The Labute approximate surface area is 164 Å². The molecule has 0 spiro atoms. The van der Waals surface area contributed by atoms with Crippen molar-refractivity contribution < 1.29 is 9.21 Å². The summed E-state index contributed by atoms with van der Waals surface area (Å²) in [4.78, 5) is 12.3. The van der Waals surface area contributed by atoms with Gasteiger partial charge in [0.15, 0.2) is 16.7 Å². The van der Waals surface area contributed by atoms with Crippen molar-refractivity contribution in [1.82, 2.24) is 14.8 Å². The lowest BCUT2D eigenvalue weighted by Crippen LogP contribution is -2.15. The average Bonchev–Trinajstić information content (AvgIpc) is 3.29. The van der Waals surface area contributed by atoms with E-state index in [2.05, 4.69) is 31.4 Å². The van der Waals surface area contributed by atoms with Crippen LogP contribution in [0.2, 0.25) is 0 Å². The van der Waals surface area contributed by atoms with Crippen molar-refractivity contribution in [3.8, 4) is 11.6 Å². The number of anilines is 1.